The van der Waals surface area contributed by atoms with Crippen molar-refractivity contribution in [2.24, 2.45) is 0 Å². The Morgan fingerprint density at radius 2 is 1.92 bits per heavy atom. The van der Waals surface area contributed by atoms with Crippen molar-refractivity contribution >= 4 is 6.16 Å². The molecule has 0 spiro atoms. The summed E-state index contributed by atoms with van der Waals surface area (Å²) in [7, 11) is 0. The van der Waals surface area contributed by atoms with Crippen LogP contribution in [0.5, 0.6) is 0 Å². The molecule has 0 bridgehead atoms. The molecule has 0 aromatic heterocycles. The minimum atomic E-state index is -0.671. The van der Waals surface area contributed by atoms with E-state index in [0.717, 1.165) is 0 Å². The normalized spacial score (nSPS) is 12.7. The van der Waals surface area contributed by atoms with E-state index in [4.69, 9.17) is 9.47 Å². The van der Waals surface area contributed by atoms with Gasteiger partial charge in [-0.3, -0.25) is 0 Å². The topological polar surface area (TPSA) is 44.8 Å². The molecule has 0 radical (unpaired) electrons. The molecule has 0 fully saturated rings. The van der Waals surface area contributed by atoms with E-state index in [9.17, 15) is 4.79 Å². The van der Waals surface area contributed by atoms with Gasteiger partial charge in [0, 0.05) is 6.42 Å². The Hall–Kier alpha value is -0.770. The fourth-order valence-corrected chi connectivity index (χ4v) is 0.770. The summed E-state index contributed by atoms with van der Waals surface area (Å²) in [4.78, 5) is 10.9. The molecule has 78 valence electrons. The number of hydrogen-bond acceptors (Lipinski definition) is 4. The number of carbonyl (C=O) groups is 1. The Balaban J connectivity index is 3.76. The molecule has 0 amide bonds. The van der Waals surface area contributed by atoms with Crippen LogP contribution < -0.4 is 0 Å². The summed E-state index contributed by atoms with van der Waals surface area (Å²) in [5, 5.41) is 0. The van der Waals surface area contributed by atoms with E-state index in [1.807, 2.05) is 20.8 Å². The summed E-state index contributed by atoms with van der Waals surface area (Å²) < 4.78 is 14.8. The zero-order valence-electron chi connectivity index (χ0n) is 8.70. The van der Waals surface area contributed by atoms with Crippen molar-refractivity contribution < 1.29 is 19.0 Å². The zero-order valence-corrected chi connectivity index (χ0v) is 8.70. The maximum atomic E-state index is 10.9. The van der Waals surface area contributed by atoms with E-state index in [1.165, 1.54) is 0 Å². The molecule has 0 aliphatic heterocycles. The Kier molecular flexibility index (Phi) is 6.32. The second kappa shape index (κ2) is 6.71. The third-order valence-corrected chi connectivity index (χ3v) is 1.25. The van der Waals surface area contributed by atoms with Crippen LogP contribution in [0.1, 0.15) is 34.1 Å². The van der Waals surface area contributed by atoms with Crippen molar-refractivity contribution in [2.75, 3.05) is 6.61 Å². The summed E-state index contributed by atoms with van der Waals surface area (Å²) in [6, 6.07) is 0. The van der Waals surface area contributed by atoms with Gasteiger partial charge in [0.15, 0.2) is 0 Å². The molecule has 0 aromatic carbocycles. The molecule has 1 unspecified atom stereocenters. The van der Waals surface area contributed by atoms with Crippen LogP contribution in [-0.2, 0) is 14.2 Å². The molecule has 0 rings (SSSR count). The number of ether oxygens (including phenoxy) is 3. The highest BCUT2D eigenvalue weighted by Gasteiger charge is 2.14. The Labute approximate surface area is 79.2 Å². The second-order valence-corrected chi connectivity index (χ2v) is 2.82. The minimum absolute atomic E-state index is 0.0411. The van der Waals surface area contributed by atoms with Crippen molar-refractivity contribution in [2.45, 2.75) is 46.5 Å². The molecule has 0 aromatic rings. The summed E-state index contributed by atoms with van der Waals surface area (Å²) in [5.41, 5.74) is 0. The highest BCUT2D eigenvalue weighted by molar-refractivity contribution is 5.59. The monoisotopic (exact) mass is 190 g/mol. The summed E-state index contributed by atoms with van der Waals surface area (Å²) in [6.07, 6.45) is -0.509. The molecule has 0 heterocycles. The highest BCUT2D eigenvalue weighted by atomic mass is 16.8. The van der Waals surface area contributed by atoms with E-state index >= 15 is 0 Å². The van der Waals surface area contributed by atoms with Gasteiger partial charge in [0.2, 0.25) is 6.29 Å². The number of hydrogen-bond donors (Lipinski definition) is 0. The molecule has 0 saturated carbocycles. The maximum Gasteiger partial charge on any atom is 0.510 e. The fraction of sp³-hybridized carbons (Fsp3) is 0.889. The minimum Gasteiger partial charge on any atom is -0.435 e. The SMILES string of the molecule is CCOC(=O)OC(CC)OC(C)C. The molecule has 0 aliphatic rings. The lowest BCUT2D eigenvalue weighted by Crippen LogP contribution is -2.24. The predicted molar refractivity (Wildman–Crippen MR) is 48.4 cm³/mol. The maximum absolute atomic E-state index is 10.9. The second-order valence-electron chi connectivity index (χ2n) is 2.82. The van der Waals surface area contributed by atoms with E-state index in [2.05, 4.69) is 4.74 Å². The Bertz CT molecular complexity index is 145. The first-order chi connectivity index (χ1) is 6.10. The fourth-order valence-electron chi connectivity index (χ4n) is 0.770. The van der Waals surface area contributed by atoms with E-state index in [0.29, 0.717) is 13.0 Å². The lowest BCUT2D eigenvalue weighted by molar-refractivity contribution is -0.143. The predicted octanol–water partition coefficient (Wildman–Crippen LogP) is 2.32. The quantitative estimate of drug-likeness (QED) is 0.493. The van der Waals surface area contributed by atoms with Gasteiger partial charge in [0.05, 0.1) is 12.7 Å². The largest absolute Gasteiger partial charge is 0.510 e. The van der Waals surface area contributed by atoms with Gasteiger partial charge in [-0.2, -0.15) is 0 Å². The van der Waals surface area contributed by atoms with Gasteiger partial charge in [-0.15, -0.1) is 0 Å². The van der Waals surface area contributed by atoms with Crippen LogP contribution in [0.4, 0.5) is 4.79 Å². The van der Waals surface area contributed by atoms with Crippen molar-refractivity contribution in [1.29, 1.82) is 0 Å². The third kappa shape index (κ3) is 6.40. The Morgan fingerprint density at radius 3 is 2.31 bits per heavy atom. The van der Waals surface area contributed by atoms with E-state index in [-0.39, 0.29) is 6.10 Å². The van der Waals surface area contributed by atoms with Crippen molar-refractivity contribution in [3.8, 4) is 0 Å². The lowest BCUT2D eigenvalue weighted by Gasteiger charge is -2.18. The van der Waals surface area contributed by atoms with Gasteiger partial charge in [0.1, 0.15) is 0 Å². The van der Waals surface area contributed by atoms with Crippen LogP contribution in [0.15, 0.2) is 0 Å². The Morgan fingerprint density at radius 1 is 1.31 bits per heavy atom. The first-order valence-corrected chi connectivity index (χ1v) is 4.59. The molecule has 1 atom stereocenters. The standard InChI is InChI=1S/C9H18O4/c1-5-8(12-7(3)4)13-9(10)11-6-2/h7-8H,5-6H2,1-4H3. The van der Waals surface area contributed by atoms with Crippen LogP contribution >= 0.6 is 0 Å². The lowest BCUT2D eigenvalue weighted by atomic mass is 10.4. The number of carbonyl (C=O) groups excluding carboxylic acids is 1. The first kappa shape index (κ1) is 12.2. The first-order valence-electron chi connectivity index (χ1n) is 4.59. The summed E-state index contributed by atoms with van der Waals surface area (Å²) >= 11 is 0. The van der Waals surface area contributed by atoms with Crippen LogP contribution in [0.2, 0.25) is 0 Å². The van der Waals surface area contributed by atoms with Gasteiger partial charge in [-0.1, -0.05) is 6.92 Å². The molecular weight excluding hydrogens is 172 g/mol. The van der Waals surface area contributed by atoms with E-state index in [1.54, 1.807) is 6.92 Å². The van der Waals surface area contributed by atoms with Crippen molar-refractivity contribution in [1.82, 2.24) is 0 Å². The van der Waals surface area contributed by atoms with Gasteiger partial charge in [-0.25, -0.2) is 4.79 Å². The molecule has 0 aliphatic carbocycles. The molecule has 4 heteroatoms. The van der Waals surface area contributed by atoms with Crippen LogP contribution in [0, 0.1) is 0 Å². The smallest absolute Gasteiger partial charge is 0.435 e. The van der Waals surface area contributed by atoms with E-state index < -0.39 is 12.4 Å². The molecule has 13 heavy (non-hydrogen) atoms. The average Bonchev–Trinajstić information content (AvgIpc) is 2.02. The zero-order chi connectivity index (χ0) is 10.3. The van der Waals surface area contributed by atoms with Crippen LogP contribution in [-0.4, -0.2) is 25.2 Å². The van der Waals surface area contributed by atoms with Gasteiger partial charge in [0.25, 0.3) is 0 Å². The summed E-state index contributed by atoms with van der Waals surface area (Å²) in [6.45, 7) is 7.70. The van der Waals surface area contributed by atoms with Gasteiger partial charge >= 0.3 is 6.16 Å². The van der Waals surface area contributed by atoms with Crippen LogP contribution in [0.3, 0.4) is 0 Å². The van der Waals surface area contributed by atoms with Crippen molar-refractivity contribution in [3.05, 3.63) is 0 Å². The molecule has 4 nitrogen and oxygen atoms in total. The van der Waals surface area contributed by atoms with Gasteiger partial charge in [-0.05, 0) is 20.8 Å². The highest BCUT2D eigenvalue weighted by Crippen LogP contribution is 2.05. The third-order valence-electron chi connectivity index (χ3n) is 1.25. The number of rotatable bonds is 5. The molecule has 0 saturated heterocycles. The van der Waals surface area contributed by atoms with Crippen molar-refractivity contribution in [3.63, 3.8) is 0 Å². The molecular formula is C9H18O4. The summed E-state index contributed by atoms with van der Waals surface area (Å²) in [5.74, 6) is 0. The van der Waals surface area contributed by atoms with Gasteiger partial charge < -0.3 is 14.2 Å². The average molecular weight is 190 g/mol. The van der Waals surface area contributed by atoms with Crippen LogP contribution in [0.25, 0.3) is 0 Å². The molecule has 0 N–H and O–H groups in total.